The van der Waals surface area contributed by atoms with Crippen molar-refractivity contribution in [3.05, 3.63) is 35.9 Å². The highest BCUT2D eigenvalue weighted by Gasteiger charge is 2.35. The van der Waals surface area contributed by atoms with E-state index in [1.165, 1.54) is 14.0 Å². The van der Waals surface area contributed by atoms with E-state index in [9.17, 15) is 38.7 Å². The molecule has 0 aromatic heterocycles. The van der Waals surface area contributed by atoms with E-state index >= 15 is 0 Å². The van der Waals surface area contributed by atoms with Gasteiger partial charge in [-0.05, 0) is 57.8 Å². The van der Waals surface area contributed by atoms with Crippen molar-refractivity contribution >= 4 is 41.4 Å². The van der Waals surface area contributed by atoms with E-state index in [-0.39, 0.29) is 45.3 Å². The first-order chi connectivity index (χ1) is 25.7. The molecule has 1 fully saturated rings. The Morgan fingerprint density at radius 3 is 1.70 bits per heavy atom. The summed E-state index contributed by atoms with van der Waals surface area (Å²) in [7, 11) is 1.51. The van der Waals surface area contributed by atoms with Gasteiger partial charge >= 0.3 is 0 Å². The summed E-state index contributed by atoms with van der Waals surface area (Å²) in [4.78, 5) is 94.7. The zero-order valence-corrected chi connectivity index (χ0v) is 31.5. The zero-order valence-electron chi connectivity index (χ0n) is 31.5. The largest absolute Gasteiger partial charge is 0.391 e. The van der Waals surface area contributed by atoms with Gasteiger partial charge in [0.1, 0.15) is 36.3 Å². The molecular weight excluding hydrogens is 702 g/mol. The molecule has 19 heteroatoms. The molecule has 1 aliphatic rings. The summed E-state index contributed by atoms with van der Waals surface area (Å²) < 4.78 is 0. The van der Waals surface area contributed by atoms with Crippen molar-refractivity contribution < 1.29 is 38.7 Å². The highest BCUT2D eigenvalue weighted by Crippen LogP contribution is 2.12. The lowest BCUT2D eigenvalue weighted by molar-refractivity contribution is -0.136. The topological polar surface area (TPSA) is 314 Å². The molecule has 0 bridgehead atoms. The minimum absolute atomic E-state index is 0.0134. The van der Waals surface area contributed by atoms with Crippen molar-refractivity contribution in [3.63, 3.8) is 0 Å². The molecule has 7 amide bonds. The van der Waals surface area contributed by atoms with Crippen molar-refractivity contribution in [2.75, 3.05) is 33.2 Å². The number of nitrogens with one attached hydrogen (secondary N) is 8. The normalized spacial score (nSPS) is 27.2. The molecule has 0 saturated carbocycles. The minimum Gasteiger partial charge on any atom is -0.391 e. The van der Waals surface area contributed by atoms with E-state index in [0.717, 1.165) is 0 Å². The van der Waals surface area contributed by atoms with Crippen molar-refractivity contribution in [1.29, 1.82) is 0 Å². The number of aliphatic hydroxyl groups excluding tert-OH is 1. The number of aliphatic hydroxyl groups is 1. The molecule has 0 aliphatic carbocycles. The Balaban J connectivity index is 2.59. The van der Waals surface area contributed by atoms with Gasteiger partial charge in [0.25, 0.3) is 0 Å². The first kappa shape index (κ1) is 45.5. The van der Waals surface area contributed by atoms with Crippen LogP contribution in [0.1, 0.15) is 52.0 Å². The van der Waals surface area contributed by atoms with Crippen LogP contribution in [0.3, 0.4) is 0 Å². The molecule has 15 N–H and O–H groups in total. The highest BCUT2D eigenvalue weighted by atomic mass is 16.3. The van der Waals surface area contributed by atoms with E-state index in [0.29, 0.717) is 12.0 Å². The van der Waals surface area contributed by atoms with Gasteiger partial charge in [-0.2, -0.15) is 0 Å². The third-order valence-electron chi connectivity index (χ3n) is 9.21. The second-order valence-corrected chi connectivity index (χ2v) is 13.3. The summed E-state index contributed by atoms with van der Waals surface area (Å²) >= 11 is 0. The van der Waals surface area contributed by atoms with E-state index < -0.39 is 102 Å². The van der Waals surface area contributed by atoms with Crippen LogP contribution in [0.5, 0.6) is 0 Å². The molecular formula is C35H59N11O8. The fourth-order valence-corrected chi connectivity index (χ4v) is 5.71. The standard InChI is InChI=1S/C35H59N11O8/c1-5-19(2)27-35(54)42-24(12-15-37)31(50)44-26(18-38)33(52)46-28(20(3)47)34(53)40-16-13-22(39-4)29(48)41-23(11-14-36)30(49)43-25(32(51)45-27)17-21-9-7-6-8-10-21/h6-10,19-20,22-28,39,47H,5,11-18,36-38H2,1-4H3,(H,40,53)(H,41,48)(H,42,54)(H,43,49)(H,44,50)(H,45,51)(H,46,52). The maximum Gasteiger partial charge on any atom is 0.245 e. The van der Waals surface area contributed by atoms with Gasteiger partial charge in [-0.15, -0.1) is 0 Å². The van der Waals surface area contributed by atoms with Crippen molar-refractivity contribution in [3.8, 4) is 0 Å². The van der Waals surface area contributed by atoms with Crippen LogP contribution in [0.4, 0.5) is 0 Å². The van der Waals surface area contributed by atoms with Crippen LogP contribution < -0.4 is 59.7 Å². The number of hydrogen-bond acceptors (Lipinski definition) is 12. The van der Waals surface area contributed by atoms with Gasteiger partial charge in [0.05, 0.1) is 12.1 Å². The van der Waals surface area contributed by atoms with Crippen LogP contribution in [-0.4, -0.2) is 128 Å². The predicted octanol–water partition coefficient (Wildman–Crippen LogP) is -4.67. The summed E-state index contributed by atoms with van der Waals surface area (Å²) in [5.74, 6) is -5.62. The number of amides is 7. The lowest BCUT2D eigenvalue weighted by Crippen LogP contribution is -2.62. The second kappa shape index (κ2) is 23.2. The Morgan fingerprint density at radius 1 is 0.685 bits per heavy atom. The summed E-state index contributed by atoms with van der Waals surface area (Å²) in [5.41, 5.74) is 18.1. The number of carbonyl (C=O) groups excluding carboxylic acids is 7. The molecule has 1 heterocycles. The fourth-order valence-electron chi connectivity index (χ4n) is 5.71. The molecule has 0 radical (unpaired) electrons. The molecule has 9 unspecified atom stereocenters. The van der Waals surface area contributed by atoms with E-state index in [4.69, 9.17) is 17.2 Å². The Morgan fingerprint density at radius 2 is 1.19 bits per heavy atom. The Bertz CT molecular complexity index is 1420. The quantitative estimate of drug-likeness (QED) is 0.101. The third kappa shape index (κ3) is 13.9. The average Bonchev–Trinajstić information content (AvgIpc) is 3.14. The molecule has 0 spiro atoms. The van der Waals surface area contributed by atoms with Gasteiger partial charge in [-0.25, -0.2) is 0 Å². The second-order valence-electron chi connectivity index (χ2n) is 13.3. The van der Waals surface area contributed by atoms with E-state index in [1.807, 2.05) is 6.92 Å². The molecule has 9 atom stereocenters. The maximum atomic E-state index is 14.0. The molecule has 302 valence electrons. The molecule has 1 saturated heterocycles. The maximum absolute atomic E-state index is 14.0. The lowest BCUT2D eigenvalue weighted by Gasteiger charge is -2.29. The summed E-state index contributed by atoms with van der Waals surface area (Å²) in [6, 6.07) is 0.325. The predicted molar refractivity (Wildman–Crippen MR) is 200 cm³/mol. The molecule has 54 heavy (non-hydrogen) atoms. The Hall–Kier alpha value is -4.69. The first-order valence-electron chi connectivity index (χ1n) is 18.3. The molecule has 1 aliphatic heterocycles. The summed E-state index contributed by atoms with van der Waals surface area (Å²) in [6.45, 7) is 4.31. The number of hydrogen-bond donors (Lipinski definition) is 12. The number of nitrogens with two attached hydrogens (primary N) is 3. The Kier molecular flexibility index (Phi) is 19.5. The van der Waals surface area contributed by atoms with Crippen LogP contribution in [0, 0.1) is 5.92 Å². The average molecular weight is 762 g/mol. The molecule has 19 nitrogen and oxygen atoms in total. The highest BCUT2D eigenvalue weighted by molar-refractivity contribution is 5.97. The zero-order chi connectivity index (χ0) is 40.4. The van der Waals surface area contributed by atoms with Crippen LogP contribution in [0.25, 0.3) is 0 Å². The van der Waals surface area contributed by atoms with Crippen LogP contribution in [-0.2, 0) is 40.0 Å². The smallest absolute Gasteiger partial charge is 0.245 e. The molecule has 1 aromatic rings. The van der Waals surface area contributed by atoms with Crippen molar-refractivity contribution in [2.24, 2.45) is 23.1 Å². The summed E-state index contributed by atoms with van der Waals surface area (Å²) in [6.07, 6.45) is -0.903. The number of carbonyl (C=O) groups is 7. The molecule has 1 aromatic carbocycles. The van der Waals surface area contributed by atoms with Crippen LogP contribution >= 0.6 is 0 Å². The number of likely N-dealkylation sites (N-methyl/N-ethyl adjacent to an activating group) is 1. The SMILES string of the molecule is CCC(C)C1NC(=O)C(Cc2ccccc2)NC(=O)C(CCN)NC(=O)C(NC)CCNC(=O)C(C(C)O)NC(=O)C(CN)NC(=O)C(CCN)NC1=O. The van der Waals surface area contributed by atoms with Gasteiger partial charge in [0, 0.05) is 19.5 Å². The lowest BCUT2D eigenvalue weighted by atomic mass is 9.96. The van der Waals surface area contributed by atoms with Gasteiger partial charge in [-0.1, -0.05) is 50.6 Å². The van der Waals surface area contributed by atoms with Crippen LogP contribution in [0.2, 0.25) is 0 Å². The van der Waals surface area contributed by atoms with Crippen molar-refractivity contribution in [2.45, 2.75) is 101 Å². The number of rotatable bonds is 11. The van der Waals surface area contributed by atoms with Crippen molar-refractivity contribution in [1.82, 2.24) is 42.5 Å². The van der Waals surface area contributed by atoms with Gasteiger partial charge < -0.3 is 64.8 Å². The van der Waals surface area contributed by atoms with E-state index in [1.54, 1.807) is 37.3 Å². The van der Waals surface area contributed by atoms with Gasteiger partial charge in [0.15, 0.2) is 0 Å². The molecule has 2 rings (SSSR count). The van der Waals surface area contributed by atoms with E-state index in [2.05, 4.69) is 42.5 Å². The van der Waals surface area contributed by atoms with Crippen LogP contribution in [0.15, 0.2) is 30.3 Å². The first-order valence-corrected chi connectivity index (χ1v) is 18.3. The van der Waals surface area contributed by atoms with Gasteiger partial charge in [0.2, 0.25) is 41.4 Å². The third-order valence-corrected chi connectivity index (χ3v) is 9.21. The Labute approximate surface area is 315 Å². The van der Waals surface area contributed by atoms with Gasteiger partial charge in [-0.3, -0.25) is 33.6 Å². The minimum atomic E-state index is -1.46. The fraction of sp³-hybridized carbons (Fsp3) is 0.629. The monoisotopic (exact) mass is 761 g/mol. The number of benzene rings is 1. The summed E-state index contributed by atoms with van der Waals surface area (Å²) in [5, 5.41) is 31.4.